The summed E-state index contributed by atoms with van der Waals surface area (Å²) in [4.78, 5) is 10.9. The maximum absolute atomic E-state index is 10.9. The summed E-state index contributed by atoms with van der Waals surface area (Å²) in [6.45, 7) is 4.64. The van der Waals surface area contributed by atoms with Gasteiger partial charge in [0.2, 0.25) is 0 Å². The van der Waals surface area contributed by atoms with Gasteiger partial charge in [-0.25, -0.2) is 0 Å². The normalized spacial score (nSPS) is 12.4. The molecule has 108 valence electrons. The Morgan fingerprint density at radius 1 is 0.944 bits per heavy atom. The van der Waals surface area contributed by atoms with Gasteiger partial charge in [-0.15, -0.1) is 0 Å². The van der Waals surface area contributed by atoms with Gasteiger partial charge in [-0.3, -0.25) is 4.79 Å². The Bertz CT molecular complexity index is 190. The summed E-state index contributed by atoms with van der Waals surface area (Å²) >= 11 is 0. The maximum Gasteiger partial charge on any atom is 0.305 e. The second-order valence-corrected chi connectivity index (χ2v) is 5.48. The fraction of sp³-hybridized carbons (Fsp3) is 0.938. The molecule has 1 unspecified atom stereocenters. The maximum atomic E-state index is 10.9. The summed E-state index contributed by atoms with van der Waals surface area (Å²) in [6.07, 6.45) is 13.6. The Morgan fingerprint density at radius 2 is 1.50 bits per heavy atom. The molecular formula is C16H32O2. The summed E-state index contributed by atoms with van der Waals surface area (Å²) in [5, 5.41) is 0. The van der Waals surface area contributed by atoms with E-state index in [2.05, 4.69) is 18.6 Å². The molecule has 0 amide bonds. The van der Waals surface area contributed by atoms with Crippen molar-refractivity contribution in [2.24, 2.45) is 5.92 Å². The predicted molar refractivity (Wildman–Crippen MR) is 77.6 cm³/mol. The number of esters is 1. The zero-order valence-corrected chi connectivity index (χ0v) is 12.7. The highest BCUT2D eigenvalue weighted by molar-refractivity contribution is 5.68. The van der Waals surface area contributed by atoms with E-state index in [1.165, 1.54) is 64.9 Å². The van der Waals surface area contributed by atoms with Crippen molar-refractivity contribution in [3.63, 3.8) is 0 Å². The van der Waals surface area contributed by atoms with E-state index < -0.39 is 0 Å². The molecule has 0 N–H and O–H groups in total. The topological polar surface area (TPSA) is 26.3 Å². The van der Waals surface area contributed by atoms with Crippen LogP contribution in [0, 0.1) is 5.92 Å². The molecule has 2 heteroatoms. The zero-order chi connectivity index (χ0) is 13.6. The Morgan fingerprint density at radius 3 is 2.06 bits per heavy atom. The molecule has 0 fully saturated rings. The van der Waals surface area contributed by atoms with Crippen LogP contribution in [0.5, 0.6) is 0 Å². The van der Waals surface area contributed by atoms with Crippen LogP contribution in [0.2, 0.25) is 0 Å². The smallest absolute Gasteiger partial charge is 0.305 e. The van der Waals surface area contributed by atoms with Crippen LogP contribution >= 0.6 is 0 Å². The third-order valence-corrected chi connectivity index (χ3v) is 3.59. The Hall–Kier alpha value is -0.530. The number of hydrogen-bond donors (Lipinski definition) is 0. The molecule has 0 aliphatic carbocycles. The van der Waals surface area contributed by atoms with Crippen molar-refractivity contribution in [2.45, 2.75) is 84.5 Å². The molecule has 0 saturated carbocycles. The summed E-state index contributed by atoms with van der Waals surface area (Å²) in [7, 11) is 1.46. The van der Waals surface area contributed by atoms with Gasteiger partial charge in [0.15, 0.2) is 0 Å². The van der Waals surface area contributed by atoms with E-state index in [-0.39, 0.29) is 5.97 Å². The Balaban J connectivity index is 3.09. The SMILES string of the molecule is CCCC(C)CCCCCCCCCC(=O)OC. The molecule has 18 heavy (non-hydrogen) atoms. The molecule has 0 rings (SSSR count). The summed E-state index contributed by atoms with van der Waals surface area (Å²) in [5.74, 6) is 0.843. The molecular weight excluding hydrogens is 224 g/mol. The number of rotatable bonds is 12. The van der Waals surface area contributed by atoms with Crippen LogP contribution in [0.4, 0.5) is 0 Å². The second kappa shape index (κ2) is 12.9. The van der Waals surface area contributed by atoms with E-state index in [0.717, 1.165) is 12.3 Å². The first-order chi connectivity index (χ1) is 8.70. The van der Waals surface area contributed by atoms with Crippen molar-refractivity contribution in [1.29, 1.82) is 0 Å². The first-order valence-electron chi connectivity index (χ1n) is 7.77. The van der Waals surface area contributed by atoms with Crippen molar-refractivity contribution >= 4 is 5.97 Å². The van der Waals surface area contributed by atoms with Crippen LogP contribution in [0.3, 0.4) is 0 Å². The molecule has 0 heterocycles. The van der Waals surface area contributed by atoms with Gasteiger partial charge in [0, 0.05) is 6.42 Å². The number of unbranched alkanes of at least 4 members (excludes halogenated alkanes) is 6. The lowest BCUT2D eigenvalue weighted by Crippen LogP contribution is -1.99. The number of carbonyl (C=O) groups is 1. The molecule has 0 saturated heterocycles. The third-order valence-electron chi connectivity index (χ3n) is 3.59. The fourth-order valence-electron chi connectivity index (χ4n) is 2.39. The number of ether oxygens (including phenoxy) is 1. The largest absolute Gasteiger partial charge is 0.469 e. The molecule has 0 spiro atoms. The quantitative estimate of drug-likeness (QED) is 0.358. The van der Waals surface area contributed by atoms with Gasteiger partial charge in [-0.05, 0) is 12.3 Å². The molecule has 0 aliphatic heterocycles. The van der Waals surface area contributed by atoms with Gasteiger partial charge in [0.05, 0.1) is 7.11 Å². The molecule has 2 nitrogen and oxygen atoms in total. The predicted octanol–water partition coefficient (Wildman–Crippen LogP) is 5.11. The lowest BCUT2D eigenvalue weighted by molar-refractivity contribution is -0.140. The van der Waals surface area contributed by atoms with Gasteiger partial charge < -0.3 is 4.74 Å². The van der Waals surface area contributed by atoms with Crippen LogP contribution in [0.25, 0.3) is 0 Å². The summed E-state index contributed by atoms with van der Waals surface area (Å²) < 4.78 is 4.61. The van der Waals surface area contributed by atoms with Gasteiger partial charge in [0.1, 0.15) is 0 Å². The molecule has 0 aromatic rings. The molecule has 1 atom stereocenters. The van der Waals surface area contributed by atoms with E-state index in [1.54, 1.807) is 0 Å². The van der Waals surface area contributed by atoms with Crippen LogP contribution in [-0.4, -0.2) is 13.1 Å². The van der Waals surface area contributed by atoms with E-state index in [4.69, 9.17) is 0 Å². The fourth-order valence-corrected chi connectivity index (χ4v) is 2.39. The minimum Gasteiger partial charge on any atom is -0.469 e. The number of methoxy groups -OCH3 is 1. The lowest BCUT2D eigenvalue weighted by atomic mass is 9.98. The Labute approximate surface area is 113 Å². The van der Waals surface area contributed by atoms with Gasteiger partial charge in [0.25, 0.3) is 0 Å². The molecule has 0 radical (unpaired) electrons. The van der Waals surface area contributed by atoms with Crippen LogP contribution in [0.1, 0.15) is 84.5 Å². The first-order valence-corrected chi connectivity index (χ1v) is 7.77. The number of hydrogen-bond acceptors (Lipinski definition) is 2. The average Bonchev–Trinajstić information content (AvgIpc) is 2.36. The standard InChI is InChI=1S/C16H32O2/c1-4-12-15(2)13-10-8-6-5-7-9-11-14-16(17)18-3/h15H,4-14H2,1-3H3. The average molecular weight is 256 g/mol. The minimum absolute atomic E-state index is 0.0695. The van der Waals surface area contributed by atoms with Crippen LogP contribution < -0.4 is 0 Å². The number of carbonyl (C=O) groups excluding carboxylic acids is 1. The molecule has 0 aromatic heterocycles. The van der Waals surface area contributed by atoms with E-state index >= 15 is 0 Å². The monoisotopic (exact) mass is 256 g/mol. The van der Waals surface area contributed by atoms with Crippen molar-refractivity contribution in [3.05, 3.63) is 0 Å². The van der Waals surface area contributed by atoms with Crippen molar-refractivity contribution in [3.8, 4) is 0 Å². The zero-order valence-electron chi connectivity index (χ0n) is 12.7. The highest BCUT2D eigenvalue weighted by atomic mass is 16.5. The van der Waals surface area contributed by atoms with Gasteiger partial charge in [-0.1, -0.05) is 71.6 Å². The van der Waals surface area contributed by atoms with E-state index in [0.29, 0.717) is 6.42 Å². The molecule has 0 bridgehead atoms. The van der Waals surface area contributed by atoms with Gasteiger partial charge in [-0.2, -0.15) is 0 Å². The first kappa shape index (κ1) is 17.5. The van der Waals surface area contributed by atoms with Gasteiger partial charge >= 0.3 is 5.97 Å². The third kappa shape index (κ3) is 11.9. The Kier molecular flexibility index (Phi) is 12.5. The molecule has 0 aromatic carbocycles. The van der Waals surface area contributed by atoms with E-state index in [1.807, 2.05) is 0 Å². The van der Waals surface area contributed by atoms with Crippen molar-refractivity contribution < 1.29 is 9.53 Å². The van der Waals surface area contributed by atoms with Crippen LogP contribution in [0.15, 0.2) is 0 Å². The van der Waals surface area contributed by atoms with Crippen molar-refractivity contribution in [1.82, 2.24) is 0 Å². The van der Waals surface area contributed by atoms with Crippen molar-refractivity contribution in [2.75, 3.05) is 7.11 Å². The lowest BCUT2D eigenvalue weighted by Gasteiger charge is -2.09. The minimum atomic E-state index is -0.0695. The van der Waals surface area contributed by atoms with Crippen LogP contribution in [-0.2, 0) is 9.53 Å². The highest BCUT2D eigenvalue weighted by Crippen LogP contribution is 2.16. The van der Waals surface area contributed by atoms with E-state index in [9.17, 15) is 4.79 Å². The summed E-state index contributed by atoms with van der Waals surface area (Å²) in [6, 6.07) is 0. The highest BCUT2D eigenvalue weighted by Gasteiger charge is 2.01. The molecule has 0 aliphatic rings. The second-order valence-electron chi connectivity index (χ2n) is 5.48. The summed E-state index contributed by atoms with van der Waals surface area (Å²) in [5.41, 5.74) is 0.